The van der Waals surface area contributed by atoms with Gasteiger partial charge in [-0.25, -0.2) is 0 Å². The van der Waals surface area contributed by atoms with E-state index in [2.05, 4.69) is 17.2 Å². The van der Waals surface area contributed by atoms with Crippen LogP contribution in [0.25, 0.3) is 0 Å². The zero-order valence-electron chi connectivity index (χ0n) is 11.6. The van der Waals surface area contributed by atoms with Gasteiger partial charge in [-0.05, 0) is 45.0 Å². The minimum Gasteiger partial charge on any atom is -0.349 e. The lowest BCUT2D eigenvalue weighted by atomic mass is 10.1. The Labute approximate surface area is 113 Å². The van der Waals surface area contributed by atoms with Crippen LogP contribution in [-0.2, 0) is 0 Å². The van der Waals surface area contributed by atoms with Crippen LogP contribution in [0.2, 0.25) is 0 Å². The molecule has 0 aromatic heterocycles. The summed E-state index contributed by atoms with van der Waals surface area (Å²) in [6, 6.07) is 6.56. The van der Waals surface area contributed by atoms with Crippen molar-refractivity contribution in [2.24, 2.45) is 0 Å². The summed E-state index contributed by atoms with van der Waals surface area (Å²) < 4.78 is 0. The van der Waals surface area contributed by atoms with Gasteiger partial charge in [0.15, 0.2) is 0 Å². The number of rotatable bonds is 4. The Hall–Kier alpha value is -2.10. The first-order valence-corrected chi connectivity index (χ1v) is 6.15. The molecule has 0 saturated carbocycles. The molecule has 0 aliphatic heterocycles. The van der Waals surface area contributed by atoms with Crippen LogP contribution in [0.3, 0.4) is 0 Å². The molecular formula is C15H20N2O2. The Bertz CT molecular complexity index is 470. The monoisotopic (exact) mass is 260 g/mol. The Morgan fingerprint density at radius 1 is 1.11 bits per heavy atom. The maximum absolute atomic E-state index is 11.9. The molecule has 0 saturated heterocycles. The highest BCUT2D eigenvalue weighted by molar-refractivity contribution is 5.98. The molecule has 2 amide bonds. The number of hydrogen-bond donors (Lipinski definition) is 2. The first-order valence-electron chi connectivity index (χ1n) is 6.15. The summed E-state index contributed by atoms with van der Waals surface area (Å²) >= 11 is 0. The average molecular weight is 260 g/mol. The summed E-state index contributed by atoms with van der Waals surface area (Å²) in [5.74, 6) is -0.326. The fourth-order valence-electron chi connectivity index (χ4n) is 1.45. The number of benzene rings is 1. The molecule has 1 aromatic carbocycles. The summed E-state index contributed by atoms with van der Waals surface area (Å²) in [5, 5.41) is 5.54. The summed E-state index contributed by atoms with van der Waals surface area (Å²) in [5.41, 5.74) is 0.779. The molecule has 102 valence electrons. The van der Waals surface area contributed by atoms with Crippen LogP contribution in [0.4, 0.5) is 0 Å². The molecule has 0 fully saturated rings. The zero-order chi connectivity index (χ0) is 14.5. The molecule has 0 atom stereocenters. The van der Waals surface area contributed by atoms with Gasteiger partial charge in [0, 0.05) is 23.2 Å². The zero-order valence-corrected chi connectivity index (χ0v) is 11.6. The lowest BCUT2D eigenvalue weighted by Gasteiger charge is -2.20. The SMILES string of the molecule is C=CCNC(=O)c1ccc(C(=O)NC(C)(C)C)cc1. The molecule has 0 unspecified atom stereocenters. The highest BCUT2D eigenvalue weighted by atomic mass is 16.2. The molecule has 0 aliphatic carbocycles. The van der Waals surface area contributed by atoms with Crippen LogP contribution < -0.4 is 10.6 Å². The summed E-state index contributed by atoms with van der Waals surface area (Å²) in [6.07, 6.45) is 1.61. The van der Waals surface area contributed by atoms with Crippen molar-refractivity contribution in [2.75, 3.05) is 6.54 Å². The average Bonchev–Trinajstić information content (AvgIpc) is 2.34. The van der Waals surface area contributed by atoms with Crippen molar-refractivity contribution in [3.05, 3.63) is 48.0 Å². The lowest BCUT2D eigenvalue weighted by molar-refractivity contribution is 0.0916. The molecule has 0 spiro atoms. The van der Waals surface area contributed by atoms with Gasteiger partial charge in [-0.3, -0.25) is 9.59 Å². The van der Waals surface area contributed by atoms with Gasteiger partial charge in [0.25, 0.3) is 11.8 Å². The standard InChI is InChI=1S/C15H20N2O2/c1-5-10-16-13(18)11-6-8-12(9-7-11)14(19)17-15(2,3)4/h5-9H,1,10H2,2-4H3,(H,16,18)(H,17,19). The van der Waals surface area contributed by atoms with E-state index in [9.17, 15) is 9.59 Å². The fourth-order valence-corrected chi connectivity index (χ4v) is 1.45. The topological polar surface area (TPSA) is 58.2 Å². The minimum atomic E-state index is -0.281. The second-order valence-corrected chi connectivity index (χ2v) is 5.28. The maximum Gasteiger partial charge on any atom is 0.251 e. The number of carbonyl (C=O) groups excluding carboxylic acids is 2. The predicted octanol–water partition coefficient (Wildman–Crippen LogP) is 2.13. The fraction of sp³-hybridized carbons (Fsp3) is 0.333. The van der Waals surface area contributed by atoms with Crippen LogP contribution in [0.5, 0.6) is 0 Å². The third-order valence-electron chi connectivity index (χ3n) is 2.30. The van der Waals surface area contributed by atoms with E-state index in [4.69, 9.17) is 0 Å². The Morgan fingerprint density at radius 2 is 1.58 bits per heavy atom. The number of amides is 2. The first kappa shape index (κ1) is 15.0. The van der Waals surface area contributed by atoms with E-state index in [1.54, 1.807) is 30.3 Å². The molecule has 0 aliphatic rings. The maximum atomic E-state index is 11.9. The molecule has 0 heterocycles. The van der Waals surface area contributed by atoms with Gasteiger partial charge in [0.2, 0.25) is 0 Å². The second kappa shape index (κ2) is 6.18. The van der Waals surface area contributed by atoms with Crippen molar-refractivity contribution >= 4 is 11.8 Å². The van der Waals surface area contributed by atoms with E-state index in [0.717, 1.165) is 0 Å². The Kier molecular flexibility index (Phi) is 4.87. The van der Waals surface area contributed by atoms with Crippen molar-refractivity contribution in [3.63, 3.8) is 0 Å². The van der Waals surface area contributed by atoms with Crippen molar-refractivity contribution in [2.45, 2.75) is 26.3 Å². The highest BCUT2D eigenvalue weighted by Gasteiger charge is 2.15. The molecule has 0 radical (unpaired) electrons. The molecular weight excluding hydrogens is 240 g/mol. The van der Waals surface area contributed by atoms with Gasteiger partial charge < -0.3 is 10.6 Å². The van der Waals surface area contributed by atoms with Gasteiger partial charge >= 0.3 is 0 Å². The third kappa shape index (κ3) is 4.95. The van der Waals surface area contributed by atoms with E-state index in [-0.39, 0.29) is 17.4 Å². The van der Waals surface area contributed by atoms with Crippen LogP contribution >= 0.6 is 0 Å². The van der Waals surface area contributed by atoms with Crippen LogP contribution in [0.15, 0.2) is 36.9 Å². The number of hydrogen-bond acceptors (Lipinski definition) is 2. The Morgan fingerprint density at radius 3 is 2.00 bits per heavy atom. The van der Waals surface area contributed by atoms with Gasteiger partial charge in [0.05, 0.1) is 0 Å². The minimum absolute atomic E-state index is 0.148. The third-order valence-corrected chi connectivity index (χ3v) is 2.30. The largest absolute Gasteiger partial charge is 0.349 e. The van der Waals surface area contributed by atoms with Crippen molar-refractivity contribution < 1.29 is 9.59 Å². The van der Waals surface area contributed by atoms with Crippen molar-refractivity contribution in [3.8, 4) is 0 Å². The summed E-state index contributed by atoms with van der Waals surface area (Å²) in [6.45, 7) is 9.71. The van der Waals surface area contributed by atoms with Crippen LogP contribution in [0.1, 0.15) is 41.5 Å². The molecule has 1 rings (SSSR count). The molecule has 19 heavy (non-hydrogen) atoms. The summed E-state index contributed by atoms with van der Waals surface area (Å²) in [4.78, 5) is 23.5. The summed E-state index contributed by atoms with van der Waals surface area (Å²) in [7, 11) is 0. The molecule has 1 aromatic rings. The van der Waals surface area contributed by atoms with Crippen LogP contribution in [0, 0.1) is 0 Å². The molecule has 2 N–H and O–H groups in total. The second-order valence-electron chi connectivity index (χ2n) is 5.28. The lowest BCUT2D eigenvalue weighted by Crippen LogP contribution is -2.40. The van der Waals surface area contributed by atoms with Crippen molar-refractivity contribution in [1.29, 1.82) is 0 Å². The Balaban J connectivity index is 2.73. The van der Waals surface area contributed by atoms with E-state index in [1.807, 2.05) is 20.8 Å². The van der Waals surface area contributed by atoms with Gasteiger partial charge in [0.1, 0.15) is 0 Å². The normalized spacial score (nSPS) is 10.7. The smallest absolute Gasteiger partial charge is 0.251 e. The molecule has 0 bridgehead atoms. The predicted molar refractivity (Wildman–Crippen MR) is 76.2 cm³/mol. The highest BCUT2D eigenvalue weighted by Crippen LogP contribution is 2.07. The van der Waals surface area contributed by atoms with Gasteiger partial charge in [-0.1, -0.05) is 6.08 Å². The van der Waals surface area contributed by atoms with Crippen LogP contribution in [-0.4, -0.2) is 23.9 Å². The number of carbonyl (C=O) groups is 2. The van der Waals surface area contributed by atoms with Gasteiger partial charge in [-0.15, -0.1) is 6.58 Å². The van der Waals surface area contributed by atoms with E-state index in [1.165, 1.54) is 0 Å². The molecule has 4 heteroatoms. The van der Waals surface area contributed by atoms with Crippen molar-refractivity contribution in [1.82, 2.24) is 10.6 Å². The quantitative estimate of drug-likeness (QED) is 0.815. The number of nitrogens with one attached hydrogen (secondary N) is 2. The van der Waals surface area contributed by atoms with E-state index >= 15 is 0 Å². The van der Waals surface area contributed by atoms with E-state index in [0.29, 0.717) is 17.7 Å². The van der Waals surface area contributed by atoms with E-state index < -0.39 is 0 Å². The van der Waals surface area contributed by atoms with Gasteiger partial charge in [-0.2, -0.15) is 0 Å². The molecule has 4 nitrogen and oxygen atoms in total. The first-order chi connectivity index (χ1) is 8.83.